The minimum absolute atomic E-state index is 0.0798. The maximum atomic E-state index is 13.2. The predicted molar refractivity (Wildman–Crippen MR) is 128 cm³/mol. The fraction of sp³-hybridized carbons (Fsp3) is 0.333. The van der Waals surface area contributed by atoms with Crippen molar-refractivity contribution < 1.29 is 13.2 Å². The average Bonchev–Trinajstić information content (AvgIpc) is 3.20. The Hall–Kier alpha value is -2.55. The summed E-state index contributed by atoms with van der Waals surface area (Å²) in [5.41, 5.74) is 3.99. The molecule has 1 aromatic heterocycles. The molecule has 1 saturated heterocycles. The van der Waals surface area contributed by atoms with E-state index in [4.69, 9.17) is 0 Å². The van der Waals surface area contributed by atoms with Gasteiger partial charge in [-0.05, 0) is 38.0 Å². The van der Waals surface area contributed by atoms with E-state index in [9.17, 15) is 13.2 Å². The molecule has 2 heterocycles. The molecule has 0 unspecified atom stereocenters. The number of benzene rings is 2. The number of aryl methyl sites for hydroxylation is 3. The minimum atomic E-state index is -3.55. The summed E-state index contributed by atoms with van der Waals surface area (Å²) in [5.74, 6) is -0.0798. The van der Waals surface area contributed by atoms with E-state index in [2.05, 4.69) is 24.0 Å². The van der Waals surface area contributed by atoms with Crippen LogP contribution in [0.4, 0.5) is 0 Å². The zero-order chi connectivity index (χ0) is 22.9. The number of nitrogens with zero attached hydrogens (tertiary/aromatic N) is 3. The summed E-state index contributed by atoms with van der Waals surface area (Å²) in [6.45, 7) is 7.19. The standard InChI is InChI=1S/C24H27N3O3S2/c1-4-19-7-9-20(10-8-19)23-25-18(3)22(31-23)24(28)26-13-15-27(16-14-26)32(29,30)21-11-5-17(2)6-12-21/h5-12H,4,13-16H2,1-3H3. The summed E-state index contributed by atoms with van der Waals surface area (Å²) in [4.78, 5) is 20.4. The van der Waals surface area contributed by atoms with Crippen molar-refractivity contribution in [3.05, 3.63) is 70.2 Å². The highest BCUT2D eigenvalue weighted by Crippen LogP contribution is 2.29. The number of rotatable bonds is 5. The minimum Gasteiger partial charge on any atom is -0.335 e. The number of piperazine rings is 1. The summed E-state index contributed by atoms with van der Waals surface area (Å²) in [6.07, 6.45) is 0.979. The zero-order valence-corrected chi connectivity index (χ0v) is 20.2. The Morgan fingerprint density at radius 1 is 0.969 bits per heavy atom. The molecule has 4 rings (SSSR count). The van der Waals surface area contributed by atoms with Crippen LogP contribution < -0.4 is 0 Å². The van der Waals surface area contributed by atoms with Gasteiger partial charge in [0.1, 0.15) is 9.88 Å². The number of hydrogen-bond acceptors (Lipinski definition) is 5. The Balaban J connectivity index is 1.45. The van der Waals surface area contributed by atoms with Crippen LogP contribution in [0.3, 0.4) is 0 Å². The molecule has 0 saturated carbocycles. The van der Waals surface area contributed by atoms with Gasteiger partial charge in [0.05, 0.1) is 10.6 Å². The lowest BCUT2D eigenvalue weighted by molar-refractivity contribution is 0.0702. The molecular formula is C24H27N3O3S2. The number of carbonyl (C=O) groups excluding carboxylic acids is 1. The molecule has 0 N–H and O–H groups in total. The van der Waals surface area contributed by atoms with Crippen molar-refractivity contribution in [2.75, 3.05) is 26.2 Å². The zero-order valence-electron chi connectivity index (χ0n) is 18.5. The van der Waals surface area contributed by atoms with E-state index in [1.54, 1.807) is 29.2 Å². The largest absolute Gasteiger partial charge is 0.335 e. The number of hydrogen-bond donors (Lipinski definition) is 0. The Morgan fingerprint density at radius 3 is 2.19 bits per heavy atom. The second-order valence-electron chi connectivity index (χ2n) is 7.99. The molecule has 0 radical (unpaired) electrons. The molecule has 32 heavy (non-hydrogen) atoms. The van der Waals surface area contributed by atoms with Crippen LogP contribution >= 0.6 is 11.3 Å². The van der Waals surface area contributed by atoms with Gasteiger partial charge in [0.15, 0.2) is 0 Å². The van der Waals surface area contributed by atoms with Crippen LogP contribution in [0.25, 0.3) is 10.6 Å². The molecule has 1 aliphatic heterocycles. The second-order valence-corrected chi connectivity index (χ2v) is 10.9. The Bertz CT molecular complexity index is 1210. The van der Waals surface area contributed by atoms with Gasteiger partial charge in [-0.2, -0.15) is 4.31 Å². The lowest BCUT2D eigenvalue weighted by atomic mass is 10.1. The van der Waals surface area contributed by atoms with Crippen molar-refractivity contribution >= 4 is 27.3 Å². The maximum absolute atomic E-state index is 13.2. The SMILES string of the molecule is CCc1ccc(-c2nc(C)c(C(=O)N3CCN(S(=O)(=O)c4ccc(C)cc4)CC3)s2)cc1. The quantitative estimate of drug-likeness (QED) is 0.563. The van der Waals surface area contributed by atoms with Crippen molar-refractivity contribution in [3.8, 4) is 10.6 Å². The summed E-state index contributed by atoms with van der Waals surface area (Å²) in [6, 6.07) is 15.1. The Morgan fingerprint density at radius 2 is 1.59 bits per heavy atom. The molecular weight excluding hydrogens is 442 g/mol. The monoisotopic (exact) mass is 469 g/mol. The van der Waals surface area contributed by atoms with Crippen molar-refractivity contribution in [2.45, 2.75) is 32.1 Å². The van der Waals surface area contributed by atoms with Crippen LogP contribution in [0.15, 0.2) is 53.4 Å². The number of aromatic nitrogens is 1. The van der Waals surface area contributed by atoms with Gasteiger partial charge in [-0.15, -0.1) is 11.3 Å². The van der Waals surface area contributed by atoms with Gasteiger partial charge in [-0.25, -0.2) is 13.4 Å². The van der Waals surface area contributed by atoms with Crippen LogP contribution in [-0.4, -0.2) is 54.7 Å². The van der Waals surface area contributed by atoms with Gasteiger partial charge in [-0.1, -0.05) is 48.9 Å². The topological polar surface area (TPSA) is 70.6 Å². The summed E-state index contributed by atoms with van der Waals surface area (Å²) >= 11 is 1.40. The molecule has 3 aromatic rings. The van der Waals surface area contributed by atoms with Crippen molar-refractivity contribution in [1.29, 1.82) is 0 Å². The molecule has 1 aliphatic rings. The van der Waals surface area contributed by atoms with Crippen LogP contribution in [0.2, 0.25) is 0 Å². The lowest BCUT2D eigenvalue weighted by Crippen LogP contribution is -2.50. The summed E-state index contributed by atoms with van der Waals surface area (Å²) in [5, 5.41) is 0.828. The van der Waals surface area contributed by atoms with Crippen molar-refractivity contribution in [2.24, 2.45) is 0 Å². The first-order valence-corrected chi connectivity index (χ1v) is 13.0. The van der Waals surface area contributed by atoms with Gasteiger partial charge in [0.2, 0.25) is 10.0 Å². The Labute approximate surface area is 193 Å². The predicted octanol–water partition coefficient (Wildman–Crippen LogP) is 4.14. The van der Waals surface area contributed by atoms with E-state index in [0.29, 0.717) is 28.6 Å². The average molecular weight is 470 g/mol. The molecule has 0 spiro atoms. The van der Waals surface area contributed by atoms with Gasteiger partial charge >= 0.3 is 0 Å². The summed E-state index contributed by atoms with van der Waals surface area (Å²) in [7, 11) is -3.55. The van der Waals surface area contributed by atoms with Crippen LogP contribution in [-0.2, 0) is 16.4 Å². The number of sulfonamides is 1. The van der Waals surface area contributed by atoms with Crippen molar-refractivity contribution in [3.63, 3.8) is 0 Å². The van der Waals surface area contributed by atoms with Gasteiger partial charge in [0, 0.05) is 31.7 Å². The van der Waals surface area contributed by atoms with E-state index in [0.717, 1.165) is 22.6 Å². The third-order valence-corrected chi connectivity index (χ3v) is 8.89. The normalized spacial score (nSPS) is 15.2. The van der Waals surface area contributed by atoms with Crippen LogP contribution in [0.5, 0.6) is 0 Å². The highest BCUT2D eigenvalue weighted by molar-refractivity contribution is 7.89. The van der Waals surface area contributed by atoms with E-state index < -0.39 is 10.0 Å². The highest BCUT2D eigenvalue weighted by atomic mass is 32.2. The lowest BCUT2D eigenvalue weighted by Gasteiger charge is -2.33. The molecule has 1 amide bonds. The van der Waals surface area contributed by atoms with Gasteiger partial charge in [0.25, 0.3) is 5.91 Å². The van der Waals surface area contributed by atoms with Crippen LogP contribution in [0.1, 0.15) is 33.4 Å². The molecule has 0 aliphatic carbocycles. The van der Waals surface area contributed by atoms with E-state index in [1.165, 1.54) is 21.2 Å². The first kappa shape index (κ1) is 22.6. The number of carbonyl (C=O) groups is 1. The molecule has 8 heteroatoms. The van der Waals surface area contributed by atoms with E-state index in [-0.39, 0.29) is 19.0 Å². The first-order chi connectivity index (χ1) is 15.3. The third-order valence-electron chi connectivity index (χ3n) is 5.78. The third kappa shape index (κ3) is 4.48. The molecule has 0 atom stereocenters. The molecule has 168 valence electrons. The molecule has 2 aromatic carbocycles. The molecule has 1 fully saturated rings. The number of thiazole rings is 1. The number of amides is 1. The van der Waals surface area contributed by atoms with E-state index >= 15 is 0 Å². The second kappa shape index (κ2) is 9.13. The van der Waals surface area contributed by atoms with Gasteiger partial charge in [-0.3, -0.25) is 4.79 Å². The first-order valence-electron chi connectivity index (χ1n) is 10.7. The molecule has 0 bridgehead atoms. The highest BCUT2D eigenvalue weighted by Gasteiger charge is 2.31. The van der Waals surface area contributed by atoms with Crippen LogP contribution in [0, 0.1) is 13.8 Å². The van der Waals surface area contributed by atoms with E-state index in [1.807, 2.05) is 26.0 Å². The fourth-order valence-electron chi connectivity index (χ4n) is 3.74. The smallest absolute Gasteiger partial charge is 0.265 e. The maximum Gasteiger partial charge on any atom is 0.265 e. The van der Waals surface area contributed by atoms with Gasteiger partial charge < -0.3 is 4.90 Å². The molecule has 6 nitrogen and oxygen atoms in total. The Kier molecular flexibility index (Phi) is 6.46. The van der Waals surface area contributed by atoms with Crippen molar-refractivity contribution in [1.82, 2.24) is 14.2 Å². The summed E-state index contributed by atoms with van der Waals surface area (Å²) < 4.78 is 27.3. The fourth-order valence-corrected chi connectivity index (χ4v) is 6.20.